The van der Waals surface area contributed by atoms with Gasteiger partial charge in [-0.25, -0.2) is 9.59 Å². The molecule has 0 aliphatic rings. The predicted molar refractivity (Wildman–Crippen MR) is 269 cm³/mol. The van der Waals surface area contributed by atoms with Gasteiger partial charge in [-0.2, -0.15) is 0 Å². The second-order valence-electron chi connectivity index (χ2n) is 17.5. The summed E-state index contributed by atoms with van der Waals surface area (Å²) in [7, 11) is 2.16. The molecule has 10 N–H and O–H groups in total. The molecule has 0 spiro atoms. The summed E-state index contributed by atoms with van der Waals surface area (Å²) in [6.07, 6.45) is 19.2. The van der Waals surface area contributed by atoms with Crippen molar-refractivity contribution in [2.75, 3.05) is 72.5 Å². The second kappa shape index (κ2) is 47.5. The van der Waals surface area contributed by atoms with Crippen LogP contribution in [0.2, 0.25) is 0 Å². The molecule has 0 aromatic carbocycles. The standard InChI is InChI=1S/C48H87N6O17P/c55-40(49-26-18-17-19-39(54-72)48(66)67)24-23-38(47(64)65)53-44(59)36-71-34-32-69-30-28-51-43(58)35-70-33-31-68-29-27-50-41(56)25-22-37(46(62)63)52-42(57)20-15-13-11-9-7-5-3-1-2-4-6-8-10-12-14-16-21-45(60)61/h37-39,54H,1-36,72H2,(H,49,55)(H,50,56)(H,51,58)(H,52,57)(H,53,59)(H,60,61)(H,62,63)(H,64,65)(H,66,67)/t37-,38-,39-/m0/s1. The van der Waals surface area contributed by atoms with Crippen LogP contribution in [0.1, 0.15) is 161 Å². The fourth-order valence-corrected chi connectivity index (χ4v) is 7.42. The van der Waals surface area contributed by atoms with Crippen molar-refractivity contribution in [3.63, 3.8) is 0 Å². The number of aliphatic carboxylic acids is 4. The first kappa shape index (κ1) is 67.5. The number of carboxylic acid groups (broad SMARTS) is 4. The molecule has 0 aromatic rings. The Morgan fingerprint density at radius 1 is 0.347 bits per heavy atom. The van der Waals surface area contributed by atoms with Crippen LogP contribution in [0.3, 0.4) is 0 Å². The topological polar surface area (TPSA) is 344 Å². The van der Waals surface area contributed by atoms with E-state index < -0.39 is 60.4 Å². The van der Waals surface area contributed by atoms with Gasteiger partial charge in [-0.05, 0) is 44.9 Å². The third-order valence-electron chi connectivity index (χ3n) is 11.2. The van der Waals surface area contributed by atoms with Crippen molar-refractivity contribution in [2.45, 2.75) is 179 Å². The van der Waals surface area contributed by atoms with Gasteiger partial charge >= 0.3 is 23.9 Å². The fraction of sp³-hybridized carbons (Fsp3) is 0.812. The molecule has 24 heteroatoms. The van der Waals surface area contributed by atoms with Crippen molar-refractivity contribution in [3.8, 4) is 0 Å². The monoisotopic (exact) mass is 1050 g/mol. The summed E-state index contributed by atoms with van der Waals surface area (Å²) in [6.45, 7) is 0.710. The van der Waals surface area contributed by atoms with Crippen LogP contribution in [0, 0.1) is 0 Å². The minimum absolute atomic E-state index is 0.0212. The van der Waals surface area contributed by atoms with Crippen molar-refractivity contribution in [2.24, 2.45) is 0 Å². The molecule has 0 aliphatic heterocycles. The summed E-state index contributed by atoms with van der Waals surface area (Å²) >= 11 is 0. The maximum Gasteiger partial charge on any atom is 0.326 e. The van der Waals surface area contributed by atoms with E-state index in [-0.39, 0.29) is 116 Å². The van der Waals surface area contributed by atoms with Crippen LogP contribution in [0.25, 0.3) is 0 Å². The van der Waals surface area contributed by atoms with Gasteiger partial charge in [-0.15, -0.1) is 0 Å². The Morgan fingerprint density at radius 2 is 0.722 bits per heavy atom. The molecule has 1 unspecified atom stereocenters. The Bertz CT molecular complexity index is 1530. The number of rotatable bonds is 52. The number of hydrogen-bond acceptors (Lipinski definition) is 14. The molecule has 5 amide bonds. The third-order valence-corrected chi connectivity index (χ3v) is 11.6. The molecule has 0 radical (unpaired) electrons. The van der Waals surface area contributed by atoms with Crippen LogP contribution < -0.4 is 31.7 Å². The number of nitrogens with one attached hydrogen (secondary N) is 6. The second-order valence-corrected chi connectivity index (χ2v) is 17.8. The van der Waals surface area contributed by atoms with Crippen LogP contribution in [0.5, 0.6) is 0 Å². The van der Waals surface area contributed by atoms with Crippen molar-refractivity contribution in [1.82, 2.24) is 31.7 Å². The first-order valence-electron chi connectivity index (χ1n) is 25.7. The van der Waals surface area contributed by atoms with Crippen LogP contribution >= 0.6 is 9.39 Å². The molecule has 0 aliphatic carbocycles. The van der Waals surface area contributed by atoms with Gasteiger partial charge in [0.2, 0.25) is 29.5 Å². The highest BCUT2D eigenvalue weighted by molar-refractivity contribution is 7.13. The number of carboxylic acids is 4. The van der Waals surface area contributed by atoms with E-state index in [1.807, 2.05) is 0 Å². The number of carbonyl (C=O) groups is 9. The lowest BCUT2D eigenvalue weighted by Gasteiger charge is -2.15. The van der Waals surface area contributed by atoms with E-state index in [0.29, 0.717) is 32.2 Å². The molecular formula is C48H87N6O17P. The first-order valence-corrected chi connectivity index (χ1v) is 26.3. The summed E-state index contributed by atoms with van der Waals surface area (Å²) in [5.74, 6) is -6.38. The highest BCUT2D eigenvalue weighted by atomic mass is 31.0. The Balaban J connectivity index is 3.79. The minimum Gasteiger partial charge on any atom is -0.481 e. The van der Waals surface area contributed by atoms with Gasteiger partial charge in [-0.3, -0.25) is 38.6 Å². The lowest BCUT2D eigenvalue weighted by molar-refractivity contribution is -0.143. The van der Waals surface area contributed by atoms with Crippen LogP contribution in [-0.2, 0) is 62.1 Å². The molecule has 72 heavy (non-hydrogen) atoms. The number of hydrogen-bond donors (Lipinski definition) is 10. The van der Waals surface area contributed by atoms with Gasteiger partial charge in [0.05, 0.1) is 39.6 Å². The zero-order valence-electron chi connectivity index (χ0n) is 42.4. The van der Waals surface area contributed by atoms with Gasteiger partial charge in [0.1, 0.15) is 31.3 Å². The first-order chi connectivity index (χ1) is 34.7. The molecule has 4 atom stereocenters. The van der Waals surface area contributed by atoms with Gasteiger partial charge in [-0.1, -0.05) is 99.3 Å². The van der Waals surface area contributed by atoms with E-state index in [2.05, 4.69) is 41.1 Å². The highest BCUT2D eigenvalue weighted by Gasteiger charge is 2.22. The largest absolute Gasteiger partial charge is 0.481 e. The van der Waals surface area contributed by atoms with Gasteiger partial charge in [0, 0.05) is 45.3 Å². The number of amides is 5. The van der Waals surface area contributed by atoms with Gasteiger partial charge < -0.3 is 66.0 Å². The molecule has 0 aromatic heterocycles. The van der Waals surface area contributed by atoms with E-state index in [0.717, 1.165) is 38.5 Å². The molecule has 0 bridgehead atoms. The number of carbonyl (C=O) groups excluding carboxylic acids is 5. The zero-order valence-corrected chi connectivity index (χ0v) is 43.5. The van der Waals surface area contributed by atoms with E-state index in [9.17, 15) is 53.4 Å². The van der Waals surface area contributed by atoms with E-state index in [4.69, 9.17) is 29.2 Å². The summed E-state index contributed by atoms with van der Waals surface area (Å²) in [4.78, 5) is 106. The smallest absolute Gasteiger partial charge is 0.326 e. The van der Waals surface area contributed by atoms with Crippen LogP contribution in [0.15, 0.2) is 0 Å². The van der Waals surface area contributed by atoms with Crippen molar-refractivity contribution < 1.29 is 82.5 Å². The molecule has 0 saturated carbocycles. The predicted octanol–water partition coefficient (Wildman–Crippen LogP) is 3.21. The summed E-state index contributed by atoms with van der Waals surface area (Å²) in [5, 5.41) is 52.0. The molecule has 416 valence electrons. The molecule has 0 rings (SSSR count). The summed E-state index contributed by atoms with van der Waals surface area (Å²) < 4.78 is 21.2. The maximum absolute atomic E-state index is 12.4. The summed E-state index contributed by atoms with van der Waals surface area (Å²) in [6, 6.07) is -3.17. The molecule has 0 fully saturated rings. The van der Waals surface area contributed by atoms with Gasteiger partial charge in [0.15, 0.2) is 0 Å². The van der Waals surface area contributed by atoms with Crippen molar-refractivity contribution in [1.29, 1.82) is 0 Å². The normalized spacial score (nSPS) is 12.3. The van der Waals surface area contributed by atoms with Crippen molar-refractivity contribution >= 4 is 62.8 Å². The van der Waals surface area contributed by atoms with Crippen LogP contribution in [0.4, 0.5) is 0 Å². The lowest BCUT2D eigenvalue weighted by Crippen LogP contribution is -2.43. The number of ether oxygens (including phenoxy) is 4. The molecule has 23 nitrogen and oxygen atoms in total. The summed E-state index contributed by atoms with van der Waals surface area (Å²) in [5.41, 5.74) is 0. The average molecular weight is 1050 g/mol. The van der Waals surface area contributed by atoms with E-state index in [1.54, 1.807) is 0 Å². The quantitative estimate of drug-likeness (QED) is 0.0309. The SMILES string of the molecule is O=C(O)CCCCCCCCCCCCCCCCCCC(=O)N[C@@H](CCC(=O)NCCOCCOCC(=O)NCCOCCOCC(=O)N[C@@H](CCC(=O)NCCCC[C@H](NP)C(=O)O)C(=O)O)C(=O)O. The molecule has 0 saturated heterocycles. The molecule has 0 heterocycles. The minimum atomic E-state index is -1.31. The lowest BCUT2D eigenvalue weighted by atomic mass is 10.0. The molecular weight excluding hydrogens is 964 g/mol. The fourth-order valence-electron chi connectivity index (χ4n) is 7.11. The Labute approximate surface area is 427 Å². The van der Waals surface area contributed by atoms with Crippen molar-refractivity contribution in [3.05, 3.63) is 0 Å². The average Bonchev–Trinajstić information content (AvgIpc) is 3.33. The Hall–Kier alpha value is -4.54. The maximum atomic E-state index is 12.4. The van der Waals surface area contributed by atoms with Crippen LogP contribution in [-0.4, -0.2) is 164 Å². The van der Waals surface area contributed by atoms with Gasteiger partial charge in [0.25, 0.3) is 0 Å². The third kappa shape index (κ3) is 44.2. The Morgan fingerprint density at radius 3 is 1.15 bits per heavy atom. The highest BCUT2D eigenvalue weighted by Crippen LogP contribution is 2.15. The Kier molecular flexibility index (Phi) is 44.5. The number of unbranched alkanes of at least 4 members (excludes halogenated alkanes) is 16. The van der Waals surface area contributed by atoms with E-state index >= 15 is 0 Å². The van der Waals surface area contributed by atoms with E-state index in [1.165, 1.54) is 57.8 Å². The zero-order chi connectivity index (χ0) is 53.5.